The van der Waals surface area contributed by atoms with Crippen LogP contribution in [0.4, 0.5) is 5.13 Å². The van der Waals surface area contributed by atoms with Crippen LogP contribution in [0.3, 0.4) is 0 Å². The van der Waals surface area contributed by atoms with E-state index in [4.69, 9.17) is 0 Å². The summed E-state index contributed by atoms with van der Waals surface area (Å²) in [5.41, 5.74) is 1.57. The first-order valence-electron chi connectivity index (χ1n) is 7.69. The van der Waals surface area contributed by atoms with Crippen LogP contribution in [0.5, 0.6) is 0 Å². The van der Waals surface area contributed by atoms with Gasteiger partial charge in [0.1, 0.15) is 11.0 Å². The van der Waals surface area contributed by atoms with Crippen molar-refractivity contribution in [3.8, 4) is 10.6 Å². The van der Waals surface area contributed by atoms with Gasteiger partial charge < -0.3 is 5.32 Å². The molecule has 2 rings (SSSR count). The lowest BCUT2D eigenvalue weighted by Gasteiger charge is -2.21. The van der Waals surface area contributed by atoms with Crippen molar-refractivity contribution < 1.29 is 9.59 Å². The molecule has 24 heavy (non-hydrogen) atoms. The molecule has 0 aliphatic carbocycles. The third-order valence-corrected chi connectivity index (χ3v) is 4.26. The molecule has 0 fully saturated rings. The topological polar surface area (TPSA) is 84.0 Å². The Morgan fingerprint density at radius 1 is 1.12 bits per heavy atom. The molecule has 0 aliphatic heterocycles. The van der Waals surface area contributed by atoms with Gasteiger partial charge >= 0.3 is 0 Å². The quantitative estimate of drug-likeness (QED) is 0.891. The largest absolute Gasteiger partial charge is 0.344 e. The highest BCUT2D eigenvalue weighted by Crippen LogP contribution is 2.26. The van der Waals surface area contributed by atoms with Gasteiger partial charge in [-0.25, -0.2) is 0 Å². The second-order valence-electron chi connectivity index (χ2n) is 6.71. The maximum Gasteiger partial charge on any atom is 0.248 e. The number of carbonyl (C=O) groups is 2. The smallest absolute Gasteiger partial charge is 0.248 e. The van der Waals surface area contributed by atoms with E-state index in [1.54, 1.807) is 27.7 Å². The fourth-order valence-corrected chi connectivity index (χ4v) is 2.53. The second kappa shape index (κ2) is 7.09. The minimum Gasteiger partial charge on any atom is -0.344 e. The Balaban J connectivity index is 2.00. The molecule has 0 radical (unpaired) electrons. The van der Waals surface area contributed by atoms with Crippen molar-refractivity contribution in [2.24, 2.45) is 5.41 Å². The van der Waals surface area contributed by atoms with Gasteiger partial charge in [-0.05, 0) is 13.8 Å². The molecule has 0 bridgehead atoms. The maximum absolute atomic E-state index is 12.2. The Bertz CT molecular complexity index is 732. The van der Waals surface area contributed by atoms with E-state index in [0.717, 1.165) is 10.6 Å². The lowest BCUT2D eigenvalue weighted by Crippen LogP contribution is -2.46. The maximum atomic E-state index is 12.2. The van der Waals surface area contributed by atoms with Crippen LogP contribution in [0.15, 0.2) is 24.3 Å². The summed E-state index contributed by atoms with van der Waals surface area (Å²) < 4.78 is 0. The predicted octanol–water partition coefficient (Wildman–Crippen LogP) is 3.00. The van der Waals surface area contributed by atoms with Crippen molar-refractivity contribution in [1.29, 1.82) is 0 Å². The summed E-state index contributed by atoms with van der Waals surface area (Å²) in [4.78, 5) is 24.1. The fourth-order valence-electron chi connectivity index (χ4n) is 1.78. The predicted molar refractivity (Wildman–Crippen MR) is 95.8 cm³/mol. The third kappa shape index (κ3) is 4.61. The Labute approximate surface area is 145 Å². The summed E-state index contributed by atoms with van der Waals surface area (Å²) in [6.07, 6.45) is 0. The van der Waals surface area contributed by atoms with Crippen LogP contribution in [0.25, 0.3) is 10.6 Å². The highest BCUT2D eigenvalue weighted by atomic mass is 32.1. The molecule has 2 N–H and O–H groups in total. The van der Waals surface area contributed by atoms with Crippen LogP contribution in [-0.4, -0.2) is 28.1 Å². The number of aromatic nitrogens is 2. The van der Waals surface area contributed by atoms with Crippen LogP contribution in [0.2, 0.25) is 0 Å². The zero-order valence-corrected chi connectivity index (χ0v) is 15.3. The van der Waals surface area contributed by atoms with Crippen LogP contribution >= 0.6 is 11.3 Å². The summed E-state index contributed by atoms with van der Waals surface area (Å²) in [7, 11) is 0. The van der Waals surface area contributed by atoms with Gasteiger partial charge in [-0.1, -0.05) is 61.9 Å². The van der Waals surface area contributed by atoms with Crippen LogP contribution < -0.4 is 10.6 Å². The molecule has 1 aromatic heterocycles. The van der Waals surface area contributed by atoms with Gasteiger partial charge in [0.2, 0.25) is 16.9 Å². The molecule has 2 amide bonds. The van der Waals surface area contributed by atoms with E-state index in [9.17, 15) is 9.59 Å². The van der Waals surface area contributed by atoms with E-state index in [0.29, 0.717) is 5.13 Å². The van der Waals surface area contributed by atoms with Crippen molar-refractivity contribution in [1.82, 2.24) is 15.5 Å². The van der Waals surface area contributed by atoms with Gasteiger partial charge in [-0.2, -0.15) is 0 Å². The number of rotatable bonds is 4. The standard InChI is InChI=1S/C17H22N4O2S/c1-10-6-8-12(9-7-10)14-20-21-16(24-14)19-13(22)11(2)18-15(23)17(3,4)5/h6-9,11H,1-5H3,(H,18,23)(H,19,21,22)/t11-/m1/s1. The summed E-state index contributed by atoms with van der Waals surface area (Å²) in [5.74, 6) is -0.498. The van der Waals surface area contributed by atoms with Crippen LogP contribution in [0.1, 0.15) is 33.3 Å². The van der Waals surface area contributed by atoms with Gasteiger partial charge in [0.15, 0.2) is 0 Å². The summed E-state index contributed by atoms with van der Waals surface area (Å²) >= 11 is 1.30. The molecule has 0 aliphatic rings. The molecule has 6 nitrogen and oxygen atoms in total. The second-order valence-corrected chi connectivity index (χ2v) is 7.69. The summed E-state index contributed by atoms with van der Waals surface area (Å²) in [5, 5.41) is 14.6. The lowest BCUT2D eigenvalue weighted by atomic mass is 9.95. The lowest BCUT2D eigenvalue weighted by molar-refractivity contribution is -0.131. The van der Waals surface area contributed by atoms with E-state index in [-0.39, 0.29) is 11.8 Å². The van der Waals surface area contributed by atoms with E-state index < -0.39 is 11.5 Å². The molecule has 0 saturated carbocycles. The molecule has 128 valence electrons. The number of amides is 2. The molecule has 1 aromatic carbocycles. The molecule has 0 spiro atoms. The minimum absolute atomic E-state index is 0.178. The average molecular weight is 346 g/mol. The highest BCUT2D eigenvalue weighted by molar-refractivity contribution is 7.18. The number of hydrogen-bond donors (Lipinski definition) is 2. The van der Waals surface area contributed by atoms with Crippen molar-refractivity contribution in [2.75, 3.05) is 5.32 Å². The Kier molecular flexibility index (Phi) is 5.33. The van der Waals surface area contributed by atoms with Gasteiger partial charge in [0.05, 0.1) is 0 Å². The SMILES string of the molecule is Cc1ccc(-c2nnc(NC(=O)[C@@H](C)NC(=O)C(C)(C)C)s2)cc1. The van der Waals surface area contributed by atoms with Crippen molar-refractivity contribution in [3.63, 3.8) is 0 Å². The van der Waals surface area contributed by atoms with Crippen molar-refractivity contribution in [2.45, 2.75) is 40.7 Å². The number of nitrogens with one attached hydrogen (secondary N) is 2. The van der Waals surface area contributed by atoms with Gasteiger partial charge in [-0.3, -0.25) is 14.9 Å². The Hall–Kier alpha value is -2.28. The fraction of sp³-hybridized carbons (Fsp3) is 0.412. The molecule has 1 heterocycles. The number of anilines is 1. The molecule has 2 aromatic rings. The third-order valence-electron chi connectivity index (χ3n) is 3.38. The Morgan fingerprint density at radius 3 is 2.33 bits per heavy atom. The number of carbonyl (C=O) groups excluding carboxylic acids is 2. The van der Waals surface area contributed by atoms with E-state index in [1.807, 2.05) is 31.2 Å². The average Bonchev–Trinajstić information content (AvgIpc) is 2.95. The minimum atomic E-state index is -0.650. The Morgan fingerprint density at radius 2 is 1.75 bits per heavy atom. The molecule has 0 saturated heterocycles. The van der Waals surface area contributed by atoms with Crippen molar-refractivity contribution in [3.05, 3.63) is 29.8 Å². The highest BCUT2D eigenvalue weighted by Gasteiger charge is 2.25. The number of aryl methyl sites for hydroxylation is 1. The van der Waals surface area contributed by atoms with Gasteiger partial charge in [0, 0.05) is 11.0 Å². The normalized spacial score (nSPS) is 12.5. The van der Waals surface area contributed by atoms with Gasteiger partial charge in [0.25, 0.3) is 0 Å². The molecule has 1 atom stereocenters. The molecule has 7 heteroatoms. The van der Waals surface area contributed by atoms with Crippen LogP contribution in [0, 0.1) is 12.3 Å². The zero-order valence-electron chi connectivity index (χ0n) is 14.5. The molecular formula is C17H22N4O2S. The molecule has 0 unspecified atom stereocenters. The number of benzene rings is 1. The van der Waals surface area contributed by atoms with Crippen molar-refractivity contribution >= 4 is 28.3 Å². The molecular weight excluding hydrogens is 324 g/mol. The monoisotopic (exact) mass is 346 g/mol. The number of nitrogens with zero attached hydrogens (tertiary/aromatic N) is 2. The first-order valence-corrected chi connectivity index (χ1v) is 8.51. The number of hydrogen-bond acceptors (Lipinski definition) is 5. The summed E-state index contributed by atoms with van der Waals surface area (Å²) in [6.45, 7) is 9.05. The first-order chi connectivity index (χ1) is 11.2. The van der Waals surface area contributed by atoms with Gasteiger partial charge in [-0.15, -0.1) is 10.2 Å². The van der Waals surface area contributed by atoms with E-state index >= 15 is 0 Å². The zero-order chi connectivity index (χ0) is 17.9. The first kappa shape index (κ1) is 18.1. The van der Waals surface area contributed by atoms with E-state index in [1.165, 1.54) is 16.9 Å². The van der Waals surface area contributed by atoms with E-state index in [2.05, 4.69) is 20.8 Å². The summed E-state index contributed by atoms with van der Waals surface area (Å²) in [6, 6.07) is 7.28. The van der Waals surface area contributed by atoms with Crippen LogP contribution in [-0.2, 0) is 9.59 Å².